The van der Waals surface area contributed by atoms with Crippen molar-refractivity contribution in [2.24, 2.45) is 11.7 Å². The molecule has 0 radical (unpaired) electrons. The summed E-state index contributed by atoms with van der Waals surface area (Å²) in [4.78, 5) is 24.5. The largest absolute Gasteiger partial charge is 0.381 e. The van der Waals surface area contributed by atoms with Crippen LogP contribution in [0.15, 0.2) is 18.2 Å². The highest BCUT2D eigenvalue weighted by Gasteiger charge is 2.29. The number of rotatable bonds is 8. The Bertz CT molecular complexity index is 1100. The van der Waals surface area contributed by atoms with Gasteiger partial charge in [-0.25, -0.2) is 9.97 Å². The first kappa shape index (κ1) is 25.9. The normalized spacial score (nSPS) is 22.9. The molecule has 8 nitrogen and oxygen atoms in total. The van der Waals surface area contributed by atoms with Crippen LogP contribution in [0.1, 0.15) is 79.7 Å². The number of anilines is 3. The third-order valence-corrected chi connectivity index (χ3v) is 8.51. The number of amides is 1. The molecular weight excluding hydrogens is 464 g/mol. The highest BCUT2D eigenvalue weighted by molar-refractivity contribution is 5.96. The van der Waals surface area contributed by atoms with Gasteiger partial charge in [0, 0.05) is 44.1 Å². The first-order valence-electron chi connectivity index (χ1n) is 14.2. The van der Waals surface area contributed by atoms with Gasteiger partial charge in [-0.05, 0) is 80.5 Å². The number of primary amides is 1. The van der Waals surface area contributed by atoms with E-state index in [-0.39, 0.29) is 11.7 Å². The maximum atomic E-state index is 12.3. The van der Waals surface area contributed by atoms with Gasteiger partial charge in [0.05, 0.1) is 5.69 Å². The van der Waals surface area contributed by atoms with Crippen molar-refractivity contribution in [2.75, 3.05) is 36.9 Å². The predicted molar refractivity (Wildman–Crippen MR) is 148 cm³/mol. The van der Waals surface area contributed by atoms with Crippen molar-refractivity contribution >= 4 is 23.2 Å². The first-order chi connectivity index (χ1) is 18.0. The molecule has 1 aromatic heterocycles. The summed E-state index contributed by atoms with van der Waals surface area (Å²) in [6, 6.07) is 7.55. The first-order valence-corrected chi connectivity index (χ1v) is 14.2. The van der Waals surface area contributed by atoms with Gasteiger partial charge < -0.3 is 21.1 Å². The van der Waals surface area contributed by atoms with Crippen molar-refractivity contribution in [3.8, 4) is 0 Å². The summed E-state index contributed by atoms with van der Waals surface area (Å²) in [6.07, 6.45) is 10.0. The van der Waals surface area contributed by atoms with E-state index in [1.165, 1.54) is 36.8 Å². The molecule has 2 fully saturated rings. The number of carbonyl (C=O) groups is 1. The summed E-state index contributed by atoms with van der Waals surface area (Å²) in [6.45, 7) is 8.06. The zero-order chi connectivity index (χ0) is 25.8. The minimum atomic E-state index is -0.574. The molecule has 5 rings (SSSR count). The number of hydrogen-bond donors (Lipinski definition) is 3. The van der Waals surface area contributed by atoms with Crippen molar-refractivity contribution in [1.82, 2.24) is 14.9 Å². The number of nitrogens with two attached hydrogens (primary N) is 1. The summed E-state index contributed by atoms with van der Waals surface area (Å²) >= 11 is 0. The number of aromatic nitrogens is 2. The Balaban J connectivity index is 1.34. The second-order valence-corrected chi connectivity index (χ2v) is 10.9. The van der Waals surface area contributed by atoms with E-state index in [9.17, 15) is 4.79 Å². The number of hydrogen-bond acceptors (Lipinski definition) is 7. The molecule has 8 heteroatoms. The fourth-order valence-electron chi connectivity index (χ4n) is 6.20. The average molecular weight is 507 g/mol. The lowest BCUT2D eigenvalue weighted by Gasteiger charge is -2.27. The quantitative estimate of drug-likeness (QED) is 0.486. The van der Waals surface area contributed by atoms with Crippen LogP contribution < -0.4 is 16.4 Å². The van der Waals surface area contributed by atoms with Gasteiger partial charge >= 0.3 is 0 Å². The zero-order valence-electron chi connectivity index (χ0n) is 22.4. The molecule has 2 aromatic rings. The van der Waals surface area contributed by atoms with Crippen LogP contribution in [-0.2, 0) is 24.0 Å². The van der Waals surface area contributed by atoms with E-state index in [1.54, 1.807) is 0 Å². The van der Waals surface area contributed by atoms with Gasteiger partial charge in [-0.2, -0.15) is 0 Å². The Labute approximate surface area is 220 Å². The summed E-state index contributed by atoms with van der Waals surface area (Å²) < 4.78 is 5.49. The van der Waals surface area contributed by atoms with Crippen LogP contribution in [0.2, 0.25) is 0 Å². The molecule has 2 atom stereocenters. The average Bonchev–Trinajstić information content (AvgIpc) is 3.29. The third-order valence-electron chi connectivity index (χ3n) is 8.51. The lowest BCUT2D eigenvalue weighted by molar-refractivity contribution is 0.0903. The molecule has 1 saturated heterocycles. The van der Waals surface area contributed by atoms with E-state index in [0.717, 1.165) is 75.3 Å². The molecule has 3 heterocycles. The molecule has 1 saturated carbocycles. The lowest BCUT2D eigenvalue weighted by Crippen LogP contribution is -2.35. The predicted octanol–water partition coefficient (Wildman–Crippen LogP) is 4.45. The second-order valence-electron chi connectivity index (χ2n) is 10.9. The van der Waals surface area contributed by atoms with Crippen molar-refractivity contribution in [3.63, 3.8) is 0 Å². The van der Waals surface area contributed by atoms with Crippen LogP contribution in [0.5, 0.6) is 0 Å². The molecule has 0 spiro atoms. The summed E-state index contributed by atoms with van der Waals surface area (Å²) in [7, 11) is 0. The van der Waals surface area contributed by atoms with Crippen molar-refractivity contribution in [1.29, 1.82) is 0 Å². The van der Waals surface area contributed by atoms with Crippen LogP contribution in [0, 0.1) is 5.92 Å². The molecule has 37 heavy (non-hydrogen) atoms. The van der Waals surface area contributed by atoms with E-state index < -0.39 is 5.91 Å². The lowest BCUT2D eigenvalue weighted by atomic mass is 10.0. The number of fused-ring (bicyclic) bond motifs is 1. The van der Waals surface area contributed by atoms with Crippen LogP contribution >= 0.6 is 0 Å². The molecule has 200 valence electrons. The molecule has 2 unspecified atom stereocenters. The van der Waals surface area contributed by atoms with Gasteiger partial charge in [-0.3, -0.25) is 9.69 Å². The molecule has 4 N–H and O–H groups in total. The van der Waals surface area contributed by atoms with Gasteiger partial charge in [0.25, 0.3) is 5.91 Å². The molecule has 1 aromatic carbocycles. The van der Waals surface area contributed by atoms with Gasteiger partial charge in [0.2, 0.25) is 0 Å². The van der Waals surface area contributed by atoms with Gasteiger partial charge in [0.15, 0.2) is 17.3 Å². The molecule has 3 aliphatic rings. The van der Waals surface area contributed by atoms with Crippen LogP contribution in [0.4, 0.5) is 17.3 Å². The van der Waals surface area contributed by atoms with Crippen LogP contribution in [0.25, 0.3) is 0 Å². The number of benzene rings is 1. The number of nitrogens with zero attached hydrogens (tertiary/aromatic N) is 3. The van der Waals surface area contributed by atoms with Crippen molar-refractivity contribution in [3.05, 3.63) is 40.7 Å². The minimum absolute atomic E-state index is 0.183. The second kappa shape index (κ2) is 11.8. The van der Waals surface area contributed by atoms with E-state index in [2.05, 4.69) is 45.6 Å². The number of ether oxygens (including phenoxy) is 1. The summed E-state index contributed by atoms with van der Waals surface area (Å²) in [5, 5.41) is 6.92. The standard InChI is InChI=1S/C29H42N6O2/c1-3-19-5-8-24(17-19)35-13-9-20-6-7-23(18-21(20)10-14-35)32-29-26(27(30)36)33-25(4-2)28(34-29)31-22-11-15-37-16-12-22/h6-7,18-19,22,24H,3-5,8-17H2,1-2H3,(H2,30,36)(H2,31,32,34). The number of nitrogens with one attached hydrogen (secondary N) is 2. The highest BCUT2D eigenvalue weighted by Crippen LogP contribution is 2.33. The maximum absolute atomic E-state index is 12.3. The fraction of sp³-hybridized carbons (Fsp3) is 0.621. The van der Waals surface area contributed by atoms with E-state index in [4.69, 9.17) is 15.5 Å². The Hall–Kier alpha value is -2.71. The summed E-state index contributed by atoms with van der Waals surface area (Å²) in [5.74, 6) is 1.45. The molecule has 2 aliphatic heterocycles. The molecule has 1 amide bonds. The molecule has 0 bridgehead atoms. The van der Waals surface area contributed by atoms with Crippen LogP contribution in [0.3, 0.4) is 0 Å². The Morgan fingerprint density at radius 1 is 1.05 bits per heavy atom. The van der Waals surface area contributed by atoms with E-state index in [1.807, 2.05) is 6.92 Å². The summed E-state index contributed by atoms with van der Waals surface area (Å²) in [5.41, 5.74) is 10.4. The van der Waals surface area contributed by atoms with Gasteiger partial charge in [-0.1, -0.05) is 26.3 Å². The smallest absolute Gasteiger partial charge is 0.271 e. The minimum Gasteiger partial charge on any atom is -0.381 e. The molecule has 1 aliphatic carbocycles. The van der Waals surface area contributed by atoms with Crippen molar-refractivity contribution < 1.29 is 9.53 Å². The fourth-order valence-corrected chi connectivity index (χ4v) is 6.20. The van der Waals surface area contributed by atoms with Gasteiger partial charge in [-0.15, -0.1) is 0 Å². The van der Waals surface area contributed by atoms with Gasteiger partial charge in [0.1, 0.15) is 0 Å². The molecular formula is C29H42N6O2. The van der Waals surface area contributed by atoms with E-state index >= 15 is 0 Å². The monoisotopic (exact) mass is 506 g/mol. The maximum Gasteiger partial charge on any atom is 0.271 e. The Morgan fingerprint density at radius 3 is 2.54 bits per heavy atom. The zero-order valence-corrected chi connectivity index (χ0v) is 22.4. The van der Waals surface area contributed by atoms with Crippen molar-refractivity contribution in [2.45, 2.75) is 83.7 Å². The SMILES string of the molecule is CCc1nc(C(N)=O)c(Nc2ccc3c(c2)CCN(C2CCC(CC)C2)CC3)nc1NC1CCOCC1. The Morgan fingerprint density at radius 2 is 1.84 bits per heavy atom. The topological polar surface area (TPSA) is 105 Å². The van der Waals surface area contributed by atoms with Crippen LogP contribution in [-0.4, -0.2) is 59.2 Å². The number of aryl methyl sites for hydroxylation is 1. The number of carbonyl (C=O) groups excluding carboxylic acids is 1. The Kier molecular flexibility index (Phi) is 8.25. The van der Waals surface area contributed by atoms with E-state index in [0.29, 0.717) is 18.1 Å². The third kappa shape index (κ3) is 6.07. The highest BCUT2D eigenvalue weighted by atomic mass is 16.5.